The topological polar surface area (TPSA) is 56.1 Å². The number of ether oxygens (including phenoxy) is 1. The van der Waals surface area contributed by atoms with Crippen LogP contribution < -0.4 is 5.32 Å². The second kappa shape index (κ2) is 8.69. The van der Waals surface area contributed by atoms with Gasteiger partial charge in [-0.05, 0) is 25.8 Å². The standard InChI is InChI=1S/C14H25N3O2/c1-4-13(5-2)17-10-8-12(16-17)11-15-9-7-14(18)19-6-3/h8,10,13,15H,4-7,9,11H2,1-3H3. The van der Waals surface area contributed by atoms with Crippen LogP contribution in [0.1, 0.15) is 51.8 Å². The highest BCUT2D eigenvalue weighted by molar-refractivity contribution is 5.69. The third kappa shape index (κ3) is 5.42. The van der Waals surface area contributed by atoms with Gasteiger partial charge in [0.15, 0.2) is 0 Å². The first-order valence-electron chi connectivity index (χ1n) is 7.11. The van der Waals surface area contributed by atoms with Crippen LogP contribution in [0.5, 0.6) is 0 Å². The predicted molar refractivity (Wildman–Crippen MR) is 74.8 cm³/mol. The van der Waals surface area contributed by atoms with E-state index in [9.17, 15) is 4.79 Å². The van der Waals surface area contributed by atoms with E-state index in [2.05, 4.69) is 24.3 Å². The van der Waals surface area contributed by atoms with Crippen LogP contribution in [0.25, 0.3) is 0 Å². The van der Waals surface area contributed by atoms with E-state index in [1.165, 1.54) is 0 Å². The lowest BCUT2D eigenvalue weighted by Gasteiger charge is -2.12. The zero-order chi connectivity index (χ0) is 14.1. The van der Waals surface area contributed by atoms with Crippen LogP contribution in [0.4, 0.5) is 0 Å². The van der Waals surface area contributed by atoms with Gasteiger partial charge < -0.3 is 10.1 Å². The molecule has 0 saturated carbocycles. The quantitative estimate of drug-likeness (QED) is 0.551. The molecule has 0 aromatic carbocycles. The molecular weight excluding hydrogens is 242 g/mol. The summed E-state index contributed by atoms with van der Waals surface area (Å²) in [7, 11) is 0. The van der Waals surface area contributed by atoms with Crippen LogP contribution in [0.15, 0.2) is 12.3 Å². The summed E-state index contributed by atoms with van der Waals surface area (Å²) in [6.07, 6.45) is 4.61. The van der Waals surface area contributed by atoms with Crippen molar-refractivity contribution in [2.24, 2.45) is 0 Å². The second-order valence-electron chi connectivity index (χ2n) is 4.49. The van der Waals surface area contributed by atoms with E-state index in [0.717, 1.165) is 18.5 Å². The average molecular weight is 267 g/mol. The number of carbonyl (C=O) groups is 1. The van der Waals surface area contributed by atoms with Crippen molar-refractivity contribution in [2.45, 2.75) is 52.6 Å². The number of hydrogen-bond acceptors (Lipinski definition) is 4. The molecule has 0 unspecified atom stereocenters. The molecule has 1 heterocycles. The highest BCUT2D eigenvalue weighted by atomic mass is 16.5. The highest BCUT2D eigenvalue weighted by Crippen LogP contribution is 2.14. The first-order chi connectivity index (χ1) is 9.21. The molecule has 1 aromatic rings. The highest BCUT2D eigenvalue weighted by Gasteiger charge is 2.07. The van der Waals surface area contributed by atoms with Crippen LogP contribution in [0.2, 0.25) is 0 Å². The summed E-state index contributed by atoms with van der Waals surface area (Å²) in [4.78, 5) is 11.1. The molecule has 108 valence electrons. The molecular formula is C14H25N3O2. The SMILES string of the molecule is CCOC(=O)CCNCc1ccn(C(CC)CC)n1. The van der Waals surface area contributed by atoms with Gasteiger partial charge in [0.05, 0.1) is 24.8 Å². The van der Waals surface area contributed by atoms with Gasteiger partial charge in [-0.15, -0.1) is 0 Å². The second-order valence-corrected chi connectivity index (χ2v) is 4.49. The molecule has 5 nitrogen and oxygen atoms in total. The molecule has 0 bridgehead atoms. The Morgan fingerprint density at radius 1 is 1.42 bits per heavy atom. The van der Waals surface area contributed by atoms with Crippen molar-refractivity contribution in [3.05, 3.63) is 18.0 Å². The van der Waals surface area contributed by atoms with Crippen LogP contribution in [0, 0.1) is 0 Å². The van der Waals surface area contributed by atoms with Crippen LogP contribution in [-0.2, 0) is 16.1 Å². The summed E-state index contributed by atoms with van der Waals surface area (Å²) < 4.78 is 6.89. The lowest BCUT2D eigenvalue weighted by molar-refractivity contribution is -0.142. The Morgan fingerprint density at radius 2 is 2.16 bits per heavy atom. The minimum atomic E-state index is -0.155. The number of aromatic nitrogens is 2. The van der Waals surface area contributed by atoms with Crippen LogP contribution in [0.3, 0.4) is 0 Å². The first kappa shape index (κ1) is 15.7. The Morgan fingerprint density at radius 3 is 2.79 bits per heavy atom. The molecule has 5 heteroatoms. The molecule has 0 aliphatic heterocycles. The molecule has 1 rings (SSSR count). The fourth-order valence-electron chi connectivity index (χ4n) is 1.98. The van der Waals surface area contributed by atoms with E-state index in [-0.39, 0.29) is 5.97 Å². The van der Waals surface area contributed by atoms with Crippen molar-refractivity contribution in [1.29, 1.82) is 0 Å². The van der Waals surface area contributed by atoms with Gasteiger partial charge in [0.2, 0.25) is 0 Å². The molecule has 19 heavy (non-hydrogen) atoms. The molecule has 0 radical (unpaired) electrons. The maximum Gasteiger partial charge on any atom is 0.307 e. The van der Waals surface area contributed by atoms with Gasteiger partial charge in [0, 0.05) is 19.3 Å². The summed E-state index contributed by atoms with van der Waals surface area (Å²) in [5.41, 5.74) is 1.01. The Hall–Kier alpha value is -1.36. The molecule has 1 N–H and O–H groups in total. The van der Waals surface area contributed by atoms with Crippen molar-refractivity contribution >= 4 is 5.97 Å². The molecule has 0 fully saturated rings. The van der Waals surface area contributed by atoms with E-state index >= 15 is 0 Å². The Kier molecular flexibility index (Phi) is 7.18. The van der Waals surface area contributed by atoms with Crippen molar-refractivity contribution in [3.8, 4) is 0 Å². The summed E-state index contributed by atoms with van der Waals surface area (Å²) in [5, 5.41) is 7.75. The average Bonchev–Trinajstić information content (AvgIpc) is 2.85. The van der Waals surface area contributed by atoms with Crippen molar-refractivity contribution < 1.29 is 9.53 Å². The maximum atomic E-state index is 11.1. The smallest absolute Gasteiger partial charge is 0.307 e. The van der Waals surface area contributed by atoms with Crippen molar-refractivity contribution in [2.75, 3.05) is 13.2 Å². The third-order valence-electron chi connectivity index (χ3n) is 3.10. The van der Waals surface area contributed by atoms with Gasteiger partial charge >= 0.3 is 5.97 Å². The monoisotopic (exact) mass is 267 g/mol. The zero-order valence-corrected chi connectivity index (χ0v) is 12.2. The minimum absolute atomic E-state index is 0.155. The largest absolute Gasteiger partial charge is 0.466 e. The molecule has 0 amide bonds. The van der Waals surface area contributed by atoms with Crippen molar-refractivity contribution in [3.63, 3.8) is 0 Å². The molecule has 1 aromatic heterocycles. The van der Waals surface area contributed by atoms with Gasteiger partial charge in [0.25, 0.3) is 0 Å². The lowest BCUT2D eigenvalue weighted by Crippen LogP contribution is -2.19. The number of esters is 1. The fourth-order valence-corrected chi connectivity index (χ4v) is 1.98. The molecule has 0 aliphatic rings. The number of hydrogen-bond donors (Lipinski definition) is 1. The van der Waals surface area contributed by atoms with E-state index in [1.807, 2.05) is 23.9 Å². The molecule has 0 atom stereocenters. The van der Waals surface area contributed by atoms with Gasteiger partial charge in [-0.2, -0.15) is 5.10 Å². The normalized spacial score (nSPS) is 10.9. The van der Waals surface area contributed by atoms with E-state index < -0.39 is 0 Å². The van der Waals surface area contributed by atoms with Crippen molar-refractivity contribution in [1.82, 2.24) is 15.1 Å². The van der Waals surface area contributed by atoms with E-state index in [4.69, 9.17) is 4.74 Å². The fraction of sp³-hybridized carbons (Fsp3) is 0.714. The lowest BCUT2D eigenvalue weighted by atomic mass is 10.2. The molecule has 0 aliphatic carbocycles. The summed E-state index contributed by atoms with van der Waals surface area (Å²) in [6.45, 7) is 7.91. The van der Waals surface area contributed by atoms with E-state index in [1.54, 1.807) is 0 Å². The minimum Gasteiger partial charge on any atom is -0.466 e. The van der Waals surface area contributed by atoms with Crippen LogP contribution in [-0.4, -0.2) is 28.9 Å². The summed E-state index contributed by atoms with van der Waals surface area (Å²) in [5.74, 6) is -0.155. The number of nitrogens with zero attached hydrogens (tertiary/aromatic N) is 2. The predicted octanol–water partition coefficient (Wildman–Crippen LogP) is 2.29. The number of carbonyl (C=O) groups excluding carboxylic acids is 1. The van der Waals surface area contributed by atoms with Crippen LogP contribution >= 0.6 is 0 Å². The number of nitrogens with one attached hydrogen (secondary N) is 1. The van der Waals surface area contributed by atoms with Gasteiger partial charge in [-0.3, -0.25) is 9.48 Å². The third-order valence-corrected chi connectivity index (χ3v) is 3.10. The van der Waals surface area contributed by atoms with Gasteiger partial charge in [-0.25, -0.2) is 0 Å². The summed E-state index contributed by atoms with van der Waals surface area (Å²) in [6, 6.07) is 2.50. The Bertz CT molecular complexity index is 373. The zero-order valence-electron chi connectivity index (χ0n) is 12.2. The first-order valence-corrected chi connectivity index (χ1v) is 7.11. The number of rotatable bonds is 9. The van der Waals surface area contributed by atoms with E-state index in [0.29, 0.717) is 32.2 Å². The Balaban J connectivity index is 2.28. The molecule has 0 saturated heterocycles. The molecule has 0 spiro atoms. The Labute approximate surface area is 115 Å². The summed E-state index contributed by atoms with van der Waals surface area (Å²) >= 11 is 0. The van der Waals surface area contributed by atoms with Gasteiger partial charge in [0.1, 0.15) is 0 Å². The van der Waals surface area contributed by atoms with Gasteiger partial charge in [-0.1, -0.05) is 13.8 Å². The maximum absolute atomic E-state index is 11.1.